The Morgan fingerprint density at radius 3 is 2.88 bits per heavy atom. The molecule has 0 spiro atoms. The molecule has 4 heteroatoms. The van der Waals surface area contributed by atoms with Crippen molar-refractivity contribution in [1.82, 2.24) is 4.98 Å². The molecule has 17 heavy (non-hydrogen) atoms. The van der Waals surface area contributed by atoms with E-state index in [1.807, 2.05) is 6.07 Å². The molecule has 0 saturated carbocycles. The molecule has 0 aliphatic heterocycles. The van der Waals surface area contributed by atoms with Gasteiger partial charge in [-0.05, 0) is 36.8 Å². The topological polar surface area (TPSA) is 22.1 Å². The summed E-state index contributed by atoms with van der Waals surface area (Å²) in [7, 11) is 0. The smallest absolute Gasteiger partial charge is 0.223 e. The van der Waals surface area contributed by atoms with Gasteiger partial charge in [0.1, 0.15) is 11.6 Å². The van der Waals surface area contributed by atoms with Gasteiger partial charge >= 0.3 is 0 Å². The highest BCUT2D eigenvalue weighted by Crippen LogP contribution is 2.27. The predicted octanol–water partition coefficient (Wildman–Crippen LogP) is 4.06. The summed E-state index contributed by atoms with van der Waals surface area (Å²) in [5, 5.41) is 0. The molecule has 0 N–H and O–H groups in total. The Bertz CT molecular complexity index is 531. The molecule has 88 valence electrons. The molecule has 0 fully saturated rings. The maximum absolute atomic E-state index is 12.9. The molecule has 0 amide bonds. The zero-order valence-corrected chi connectivity index (χ0v) is 10.0. The van der Waals surface area contributed by atoms with Crippen molar-refractivity contribution < 1.29 is 9.13 Å². The van der Waals surface area contributed by atoms with Crippen molar-refractivity contribution in [2.75, 3.05) is 0 Å². The molecular formula is C13H11ClFNO. The summed E-state index contributed by atoms with van der Waals surface area (Å²) in [6, 6.07) is 7.98. The Labute approximate surface area is 104 Å². The Morgan fingerprint density at radius 1 is 1.35 bits per heavy atom. The number of hydrogen-bond donors (Lipinski definition) is 0. The molecule has 1 aromatic carbocycles. The van der Waals surface area contributed by atoms with Gasteiger partial charge in [-0.3, -0.25) is 0 Å². The normalized spacial score (nSPS) is 10.3. The van der Waals surface area contributed by atoms with E-state index in [1.165, 1.54) is 12.1 Å². The summed E-state index contributed by atoms with van der Waals surface area (Å²) in [6.07, 6.45) is 1.63. The van der Waals surface area contributed by atoms with Gasteiger partial charge in [0.05, 0.1) is 5.88 Å². The van der Waals surface area contributed by atoms with E-state index in [9.17, 15) is 4.39 Å². The molecule has 1 heterocycles. The first-order chi connectivity index (χ1) is 8.20. The van der Waals surface area contributed by atoms with Gasteiger partial charge < -0.3 is 4.74 Å². The zero-order valence-electron chi connectivity index (χ0n) is 9.28. The Kier molecular flexibility index (Phi) is 3.59. The largest absolute Gasteiger partial charge is 0.438 e. The Morgan fingerprint density at radius 2 is 2.18 bits per heavy atom. The van der Waals surface area contributed by atoms with Crippen LogP contribution in [0.15, 0.2) is 36.5 Å². The minimum atomic E-state index is -0.284. The van der Waals surface area contributed by atoms with Crippen LogP contribution in [0.4, 0.5) is 4.39 Å². The maximum Gasteiger partial charge on any atom is 0.223 e. The number of aryl methyl sites for hydroxylation is 1. The second-order valence-corrected chi connectivity index (χ2v) is 3.88. The minimum Gasteiger partial charge on any atom is -0.438 e. The zero-order chi connectivity index (χ0) is 12.3. The summed E-state index contributed by atoms with van der Waals surface area (Å²) < 4.78 is 18.6. The van der Waals surface area contributed by atoms with E-state index < -0.39 is 0 Å². The lowest BCUT2D eigenvalue weighted by atomic mass is 10.2. The third kappa shape index (κ3) is 2.74. The van der Waals surface area contributed by atoms with Gasteiger partial charge in [0.15, 0.2) is 0 Å². The van der Waals surface area contributed by atoms with Gasteiger partial charge in [0, 0.05) is 11.8 Å². The van der Waals surface area contributed by atoms with Gasteiger partial charge in [-0.15, -0.1) is 11.6 Å². The summed E-state index contributed by atoms with van der Waals surface area (Å²) >= 11 is 5.78. The highest BCUT2D eigenvalue weighted by molar-refractivity contribution is 6.17. The third-order valence-corrected chi connectivity index (χ3v) is 2.63. The number of rotatable bonds is 3. The maximum atomic E-state index is 12.9. The lowest BCUT2D eigenvalue weighted by Gasteiger charge is -2.10. The molecule has 2 nitrogen and oxygen atoms in total. The highest BCUT2D eigenvalue weighted by Gasteiger charge is 2.07. The van der Waals surface area contributed by atoms with E-state index in [1.54, 1.807) is 25.3 Å². The fourth-order valence-corrected chi connectivity index (χ4v) is 1.65. The molecule has 0 aliphatic rings. The second kappa shape index (κ2) is 5.15. The number of benzene rings is 1. The van der Waals surface area contributed by atoms with E-state index in [0.717, 1.165) is 11.1 Å². The Hall–Kier alpha value is -1.61. The number of alkyl halides is 1. The minimum absolute atomic E-state index is 0.284. The van der Waals surface area contributed by atoms with Crippen molar-refractivity contribution in [3.05, 3.63) is 53.5 Å². The van der Waals surface area contributed by atoms with Crippen LogP contribution in [-0.4, -0.2) is 4.98 Å². The van der Waals surface area contributed by atoms with Crippen LogP contribution in [0.1, 0.15) is 11.1 Å². The van der Waals surface area contributed by atoms with Crippen molar-refractivity contribution in [3.8, 4) is 11.6 Å². The van der Waals surface area contributed by atoms with Gasteiger partial charge in [0.2, 0.25) is 5.88 Å². The van der Waals surface area contributed by atoms with Crippen molar-refractivity contribution >= 4 is 11.6 Å². The SMILES string of the molecule is Cc1cc(F)ccc1Oc1ncccc1CCl. The number of pyridine rings is 1. The van der Waals surface area contributed by atoms with Crippen molar-refractivity contribution in [1.29, 1.82) is 0 Å². The van der Waals surface area contributed by atoms with E-state index in [0.29, 0.717) is 17.5 Å². The van der Waals surface area contributed by atoms with E-state index in [2.05, 4.69) is 4.98 Å². The predicted molar refractivity (Wildman–Crippen MR) is 65.0 cm³/mol. The molecular weight excluding hydrogens is 241 g/mol. The van der Waals surface area contributed by atoms with Crippen molar-refractivity contribution in [2.45, 2.75) is 12.8 Å². The third-order valence-electron chi connectivity index (χ3n) is 2.34. The molecule has 0 atom stereocenters. The second-order valence-electron chi connectivity index (χ2n) is 3.61. The van der Waals surface area contributed by atoms with Gasteiger partial charge in [0.25, 0.3) is 0 Å². The number of ether oxygens (including phenoxy) is 1. The monoisotopic (exact) mass is 251 g/mol. The van der Waals surface area contributed by atoms with Gasteiger partial charge in [-0.25, -0.2) is 9.37 Å². The average Bonchev–Trinajstić information content (AvgIpc) is 2.33. The van der Waals surface area contributed by atoms with E-state index >= 15 is 0 Å². The molecule has 0 bridgehead atoms. The van der Waals surface area contributed by atoms with Crippen LogP contribution in [0, 0.1) is 12.7 Å². The van der Waals surface area contributed by atoms with Crippen molar-refractivity contribution in [3.63, 3.8) is 0 Å². The fraction of sp³-hybridized carbons (Fsp3) is 0.154. The first-order valence-corrected chi connectivity index (χ1v) is 5.68. The first-order valence-electron chi connectivity index (χ1n) is 5.14. The molecule has 0 saturated heterocycles. The molecule has 1 aromatic heterocycles. The lowest BCUT2D eigenvalue weighted by Crippen LogP contribution is -1.94. The van der Waals surface area contributed by atoms with Crippen LogP contribution in [0.25, 0.3) is 0 Å². The Balaban J connectivity index is 2.31. The number of hydrogen-bond acceptors (Lipinski definition) is 2. The van der Waals surface area contributed by atoms with Crippen LogP contribution in [0.5, 0.6) is 11.6 Å². The van der Waals surface area contributed by atoms with Crippen molar-refractivity contribution in [2.24, 2.45) is 0 Å². The van der Waals surface area contributed by atoms with E-state index in [4.69, 9.17) is 16.3 Å². The number of halogens is 2. The van der Waals surface area contributed by atoms with Crippen LogP contribution < -0.4 is 4.74 Å². The number of nitrogens with zero attached hydrogens (tertiary/aromatic N) is 1. The van der Waals surface area contributed by atoms with Crippen LogP contribution in [0.2, 0.25) is 0 Å². The molecule has 2 aromatic rings. The van der Waals surface area contributed by atoms with Gasteiger partial charge in [-0.1, -0.05) is 6.07 Å². The standard InChI is InChI=1S/C13H11ClFNO/c1-9-7-11(15)4-5-12(9)17-13-10(8-14)3-2-6-16-13/h2-7H,8H2,1H3. The summed E-state index contributed by atoms with van der Waals surface area (Å²) in [5.41, 5.74) is 1.52. The van der Waals surface area contributed by atoms with Crippen LogP contribution in [0.3, 0.4) is 0 Å². The average molecular weight is 252 g/mol. The summed E-state index contributed by atoms with van der Waals surface area (Å²) in [4.78, 5) is 4.11. The fourth-order valence-electron chi connectivity index (χ4n) is 1.45. The molecule has 0 radical (unpaired) electrons. The quantitative estimate of drug-likeness (QED) is 0.768. The lowest BCUT2D eigenvalue weighted by molar-refractivity contribution is 0.453. The van der Waals surface area contributed by atoms with E-state index in [-0.39, 0.29) is 5.82 Å². The first kappa shape index (κ1) is 11.9. The van der Waals surface area contributed by atoms with Gasteiger partial charge in [-0.2, -0.15) is 0 Å². The summed E-state index contributed by atoms with van der Waals surface area (Å²) in [6.45, 7) is 1.78. The number of aromatic nitrogens is 1. The van der Waals surface area contributed by atoms with Crippen LogP contribution in [-0.2, 0) is 5.88 Å². The molecule has 2 rings (SSSR count). The summed E-state index contributed by atoms with van der Waals surface area (Å²) in [5.74, 6) is 1.07. The highest BCUT2D eigenvalue weighted by atomic mass is 35.5. The molecule has 0 aliphatic carbocycles. The van der Waals surface area contributed by atoms with Crippen LogP contribution >= 0.6 is 11.6 Å². The molecule has 0 unspecified atom stereocenters.